The fraction of sp³-hybridized carbons (Fsp3) is 0.500. The first-order valence-corrected chi connectivity index (χ1v) is 11.2. The molecule has 18 heteroatoms. The van der Waals surface area contributed by atoms with Crippen LogP contribution in [-0.2, 0) is 32.9 Å². The molecule has 186 valence electrons. The van der Waals surface area contributed by atoms with Crippen LogP contribution in [0.3, 0.4) is 0 Å². The van der Waals surface area contributed by atoms with Gasteiger partial charge in [0.25, 0.3) is 0 Å². The summed E-state index contributed by atoms with van der Waals surface area (Å²) < 4.78 is 28.7. The number of phosphoric ester groups is 1. The number of aliphatic hydroxyl groups is 1. The largest absolute Gasteiger partial charge is 0.470 e. The van der Waals surface area contributed by atoms with Crippen LogP contribution in [0.4, 0.5) is 5.82 Å². The van der Waals surface area contributed by atoms with Crippen LogP contribution in [0.25, 0.3) is 11.2 Å². The van der Waals surface area contributed by atoms with E-state index in [0.717, 1.165) is 6.33 Å². The van der Waals surface area contributed by atoms with Crippen molar-refractivity contribution in [3.05, 3.63) is 12.7 Å². The zero-order chi connectivity index (χ0) is 25.0. The highest BCUT2D eigenvalue weighted by Crippen LogP contribution is 2.45. The van der Waals surface area contributed by atoms with E-state index >= 15 is 0 Å². The van der Waals surface area contributed by atoms with Crippen molar-refractivity contribution in [3.63, 3.8) is 0 Å². The number of aromatic nitrogens is 4. The fourth-order valence-electron chi connectivity index (χ4n) is 3.27. The molecule has 3 heterocycles. The van der Waals surface area contributed by atoms with Gasteiger partial charge < -0.3 is 40.7 Å². The molecule has 0 aromatic carbocycles. The van der Waals surface area contributed by atoms with Crippen LogP contribution in [0.15, 0.2) is 12.7 Å². The van der Waals surface area contributed by atoms with Crippen molar-refractivity contribution >= 4 is 43.1 Å². The second kappa shape index (κ2) is 10.4. The summed E-state index contributed by atoms with van der Waals surface area (Å²) in [4.78, 5) is 65.4. The molecule has 0 radical (unpaired) electrons. The van der Waals surface area contributed by atoms with Gasteiger partial charge in [-0.3, -0.25) is 18.7 Å². The third-order valence-electron chi connectivity index (χ3n) is 4.71. The van der Waals surface area contributed by atoms with Crippen LogP contribution in [-0.4, -0.2) is 90.2 Å². The Hall–Kier alpha value is -3.21. The van der Waals surface area contributed by atoms with Gasteiger partial charge in [-0.1, -0.05) is 0 Å². The molecule has 3 rings (SSSR count). The zero-order valence-corrected chi connectivity index (χ0v) is 18.4. The highest BCUT2D eigenvalue weighted by Gasteiger charge is 2.52. The molecule has 0 bridgehead atoms. The number of nitrogens with one attached hydrogen (secondary N) is 2. The number of aliphatic hydroxyl groups excluding tert-OH is 1. The maximum atomic E-state index is 12.7. The number of hydrogen-bond acceptors (Lipinski definition) is 12. The molecule has 1 aliphatic rings. The summed E-state index contributed by atoms with van der Waals surface area (Å²) in [6.07, 6.45) is -3.11. The number of hydrogen-bond donors (Lipinski definition) is 6. The first-order valence-electron chi connectivity index (χ1n) is 9.66. The van der Waals surface area contributed by atoms with Gasteiger partial charge in [-0.05, 0) is 6.92 Å². The first kappa shape index (κ1) is 25.4. The quantitative estimate of drug-likeness (QED) is 0.107. The summed E-state index contributed by atoms with van der Waals surface area (Å²) in [7, 11) is -5.13. The zero-order valence-electron chi connectivity index (χ0n) is 17.5. The van der Waals surface area contributed by atoms with E-state index in [1.165, 1.54) is 17.8 Å². The molecule has 2 aromatic heterocycles. The van der Waals surface area contributed by atoms with Gasteiger partial charge in [-0.25, -0.2) is 24.3 Å². The highest BCUT2D eigenvalue weighted by molar-refractivity contribution is 7.46. The maximum absolute atomic E-state index is 12.7. The molecule has 5 atom stereocenters. The van der Waals surface area contributed by atoms with E-state index in [9.17, 15) is 33.8 Å². The van der Waals surface area contributed by atoms with Gasteiger partial charge in [0, 0.05) is 0 Å². The number of nitrogen functional groups attached to an aromatic ring is 1. The molecule has 1 aliphatic heterocycles. The number of phosphoric acid groups is 1. The van der Waals surface area contributed by atoms with Crippen LogP contribution in [0.2, 0.25) is 0 Å². The maximum Gasteiger partial charge on any atom is 0.470 e. The van der Waals surface area contributed by atoms with Crippen LogP contribution >= 0.6 is 7.82 Å². The SMILES string of the molecule is CC(NC(=O)CNC=O)C(=O)O[C@@H]1[C@H](OP(=O)(O)O)[C@@H](CO)O[C@H]1n1cnc2c(N)ncnc21. The van der Waals surface area contributed by atoms with Crippen LogP contribution in [0, 0.1) is 0 Å². The molecule has 0 saturated carbocycles. The van der Waals surface area contributed by atoms with E-state index in [-0.39, 0.29) is 17.0 Å². The van der Waals surface area contributed by atoms with Crippen molar-refractivity contribution < 1.29 is 47.8 Å². The fourth-order valence-corrected chi connectivity index (χ4v) is 3.84. The Labute approximate surface area is 190 Å². The van der Waals surface area contributed by atoms with Crippen LogP contribution in [0.5, 0.6) is 0 Å². The standard InChI is InChI=1S/C16H22N7O10P/c1-7(22-9(26)2-18-6-25)16(27)32-12-11(33-34(28,29)30)8(3-24)31-15(12)23-5-21-10-13(17)19-4-20-14(10)23/h4-8,11-12,15,24H,2-3H2,1H3,(H,18,25)(H,22,26)(H2,17,19,20)(H2,28,29,30)/t7?,8-,11-,12-,15-/m1/s1. The third-order valence-corrected chi connectivity index (χ3v) is 5.23. The van der Waals surface area contributed by atoms with Crippen molar-refractivity contribution in [3.8, 4) is 0 Å². The number of nitrogens with zero attached hydrogens (tertiary/aromatic N) is 4. The second-order valence-electron chi connectivity index (χ2n) is 7.08. The van der Waals surface area contributed by atoms with Crippen molar-refractivity contribution in [1.29, 1.82) is 0 Å². The molecule has 0 aliphatic carbocycles. The van der Waals surface area contributed by atoms with E-state index in [1.807, 2.05) is 0 Å². The first-order chi connectivity index (χ1) is 16.1. The Morgan fingerprint density at radius 3 is 2.74 bits per heavy atom. The molecule has 17 nitrogen and oxygen atoms in total. The van der Waals surface area contributed by atoms with E-state index < -0.39 is 63.4 Å². The minimum absolute atomic E-state index is 0.0392. The average Bonchev–Trinajstić information content (AvgIpc) is 3.33. The third kappa shape index (κ3) is 5.64. The van der Waals surface area contributed by atoms with E-state index in [4.69, 9.17) is 19.7 Å². The predicted molar refractivity (Wildman–Crippen MR) is 109 cm³/mol. The molecule has 7 N–H and O–H groups in total. The minimum Gasteiger partial charge on any atom is -0.453 e. The summed E-state index contributed by atoms with van der Waals surface area (Å²) in [5, 5.41) is 14.1. The lowest BCUT2D eigenvalue weighted by Gasteiger charge is -2.26. The van der Waals surface area contributed by atoms with Gasteiger partial charge in [0.15, 0.2) is 23.8 Å². The van der Waals surface area contributed by atoms with E-state index in [1.54, 1.807) is 0 Å². The highest BCUT2D eigenvalue weighted by atomic mass is 31.2. The minimum atomic E-state index is -5.13. The summed E-state index contributed by atoms with van der Waals surface area (Å²) >= 11 is 0. The summed E-state index contributed by atoms with van der Waals surface area (Å²) in [5.74, 6) is -1.67. The van der Waals surface area contributed by atoms with Gasteiger partial charge in [0.05, 0.1) is 19.5 Å². The monoisotopic (exact) mass is 503 g/mol. The number of carbonyl (C=O) groups excluding carboxylic acids is 3. The Morgan fingerprint density at radius 1 is 1.35 bits per heavy atom. The Morgan fingerprint density at radius 2 is 2.09 bits per heavy atom. The smallest absolute Gasteiger partial charge is 0.453 e. The molecule has 2 amide bonds. The number of nitrogens with two attached hydrogens (primary N) is 1. The topological polar surface area (TPSA) is 250 Å². The molecule has 2 aromatic rings. The number of ether oxygens (including phenoxy) is 2. The van der Waals surface area contributed by atoms with Crippen LogP contribution < -0.4 is 16.4 Å². The van der Waals surface area contributed by atoms with Crippen molar-refractivity contribution in [1.82, 2.24) is 30.2 Å². The van der Waals surface area contributed by atoms with Gasteiger partial charge in [0.2, 0.25) is 12.3 Å². The summed E-state index contributed by atoms with van der Waals surface area (Å²) in [6, 6.07) is -1.23. The van der Waals surface area contributed by atoms with Gasteiger partial charge >= 0.3 is 13.8 Å². The lowest BCUT2D eigenvalue weighted by Crippen LogP contribution is -2.46. The molecule has 34 heavy (non-hydrogen) atoms. The van der Waals surface area contributed by atoms with Crippen molar-refractivity contribution in [2.45, 2.75) is 37.5 Å². The normalized spacial score (nSPS) is 23.4. The number of rotatable bonds is 10. The van der Waals surface area contributed by atoms with Gasteiger partial charge in [0.1, 0.15) is 30.1 Å². The predicted octanol–water partition coefficient (Wildman–Crippen LogP) is -3.06. The number of fused-ring (bicyclic) bond motifs is 1. The molecule has 0 spiro atoms. The number of anilines is 1. The Balaban J connectivity index is 1.92. The van der Waals surface area contributed by atoms with Crippen molar-refractivity contribution in [2.75, 3.05) is 18.9 Å². The molecule has 1 saturated heterocycles. The second-order valence-corrected chi connectivity index (χ2v) is 8.27. The Kier molecular flexibility index (Phi) is 7.75. The molecule has 1 fully saturated rings. The summed E-state index contributed by atoms with van der Waals surface area (Å²) in [5.41, 5.74) is 6.11. The van der Waals surface area contributed by atoms with Crippen LogP contribution in [0.1, 0.15) is 13.2 Å². The van der Waals surface area contributed by atoms with E-state index in [2.05, 4.69) is 25.6 Å². The van der Waals surface area contributed by atoms with Gasteiger partial charge in [-0.2, -0.15) is 0 Å². The van der Waals surface area contributed by atoms with Gasteiger partial charge in [-0.15, -0.1) is 0 Å². The Bertz CT molecular complexity index is 1110. The number of imidazole rings is 1. The molecular formula is C16H22N7O10P. The molecular weight excluding hydrogens is 481 g/mol. The summed E-state index contributed by atoms with van der Waals surface area (Å²) in [6.45, 7) is 0.145. The van der Waals surface area contributed by atoms with E-state index in [0.29, 0.717) is 6.41 Å². The number of esters is 1. The molecule has 1 unspecified atom stereocenters. The number of amides is 2. The number of carbonyl (C=O) groups is 3. The average molecular weight is 503 g/mol. The lowest BCUT2D eigenvalue weighted by molar-refractivity contribution is -0.161. The lowest BCUT2D eigenvalue weighted by atomic mass is 10.1. The van der Waals surface area contributed by atoms with Crippen molar-refractivity contribution in [2.24, 2.45) is 0 Å².